The maximum Gasteiger partial charge on any atom is 0.0907 e. The van der Waals surface area contributed by atoms with E-state index in [0.29, 0.717) is 6.04 Å². The number of ether oxygens (including phenoxy) is 1. The minimum Gasteiger partial charge on any atom is -0.382 e. The number of nitrogens with one attached hydrogen (secondary N) is 1. The predicted molar refractivity (Wildman–Crippen MR) is 71.8 cm³/mol. The number of hydrogen-bond donors (Lipinski definition) is 1. The zero-order valence-corrected chi connectivity index (χ0v) is 10.7. The number of thiazole rings is 1. The van der Waals surface area contributed by atoms with E-state index in [2.05, 4.69) is 35.4 Å². The molecule has 1 aliphatic rings. The Kier molecular flexibility index (Phi) is 2.99. The summed E-state index contributed by atoms with van der Waals surface area (Å²) >= 11 is 1.75. The van der Waals surface area contributed by atoms with Crippen LogP contribution < -0.4 is 5.32 Å². The standard InChI is InChI=1S/C13H16N2OS/c1-9-14-12-3-2-11(8-13(12)17-9)15-10-4-6-16-7-5-10/h2-3,8,10,15H,4-7H2,1H3. The summed E-state index contributed by atoms with van der Waals surface area (Å²) in [7, 11) is 0. The molecule has 0 radical (unpaired) electrons. The molecule has 1 aromatic carbocycles. The second-order valence-electron chi connectivity index (χ2n) is 4.45. The molecular weight excluding hydrogens is 232 g/mol. The van der Waals surface area contributed by atoms with E-state index in [0.717, 1.165) is 36.6 Å². The quantitative estimate of drug-likeness (QED) is 0.886. The zero-order valence-electron chi connectivity index (χ0n) is 9.90. The van der Waals surface area contributed by atoms with E-state index in [1.54, 1.807) is 11.3 Å². The molecule has 0 atom stereocenters. The molecule has 1 N–H and O–H groups in total. The van der Waals surface area contributed by atoms with E-state index < -0.39 is 0 Å². The number of nitrogens with zero attached hydrogens (tertiary/aromatic N) is 1. The fourth-order valence-corrected chi connectivity index (χ4v) is 3.07. The van der Waals surface area contributed by atoms with Gasteiger partial charge in [0.2, 0.25) is 0 Å². The van der Waals surface area contributed by atoms with Crippen molar-refractivity contribution in [2.45, 2.75) is 25.8 Å². The summed E-state index contributed by atoms with van der Waals surface area (Å²) in [5, 5.41) is 4.71. The lowest BCUT2D eigenvalue weighted by Gasteiger charge is -2.24. The van der Waals surface area contributed by atoms with E-state index in [4.69, 9.17) is 4.74 Å². The number of benzene rings is 1. The molecule has 3 rings (SSSR count). The van der Waals surface area contributed by atoms with Gasteiger partial charge in [0.15, 0.2) is 0 Å². The second kappa shape index (κ2) is 4.63. The molecule has 0 amide bonds. The van der Waals surface area contributed by atoms with Crippen molar-refractivity contribution in [1.29, 1.82) is 0 Å². The molecule has 0 bridgehead atoms. The van der Waals surface area contributed by atoms with Crippen LogP contribution in [0.3, 0.4) is 0 Å². The summed E-state index contributed by atoms with van der Waals surface area (Å²) in [5.41, 5.74) is 2.30. The van der Waals surface area contributed by atoms with E-state index >= 15 is 0 Å². The number of aryl methyl sites for hydroxylation is 1. The van der Waals surface area contributed by atoms with Crippen LogP contribution in [0.4, 0.5) is 5.69 Å². The van der Waals surface area contributed by atoms with Gasteiger partial charge in [0.25, 0.3) is 0 Å². The van der Waals surface area contributed by atoms with Gasteiger partial charge in [-0.2, -0.15) is 0 Å². The lowest BCUT2D eigenvalue weighted by atomic mass is 10.1. The van der Waals surface area contributed by atoms with Crippen LogP contribution in [-0.4, -0.2) is 24.2 Å². The van der Waals surface area contributed by atoms with Crippen LogP contribution in [0.15, 0.2) is 18.2 Å². The fourth-order valence-electron chi connectivity index (χ4n) is 2.21. The Morgan fingerprint density at radius 1 is 1.35 bits per heavy atom. The molecule has 17 heavy (non-hydrogen) atoms. The molecule has 2 heterocycles. The molecule has 1 fully saturated rings. The Bertz CT molecular complexity index is 517. The van der Waals surface area contributed by atoms with Crippen molar-refractivity contribution in [2.24, 2.45) is 0 Å². The highest BCUT2D eigenvalue weighted by atomic mass is 32.1. The van der Waals surface area contributed by atoms with E-state index in [1.807, 2.05) is 0 Å². The Morgan fingerprint density at radius 3 is 3.00 bits per heavy atom. The summed E-state index contributed by atoms with van der Waals surface area (Å²) in [6.07, 6.45) is 2.19. The lowest BCUT2D eigenvalue weighted by Crippen LogP contribution is -2.27. The van der Waals surface area contributed by atoms with Crippen molar-refractivity contribution in [3.05, 3.63) is 23.2 Å². The average Bonchev–Trinajstić information content (AvgIpc) is 2.70. The molecule has 4 heteroatoms. The predicted octanol–water partition coefficient (Wildman–Crippen LogP) is 3.20. The third-order valence-corrected chi connectivity index (χ3v) is 4.02. The van der Waals surface area contributed by atoms with Gasteiger partial charge in [0.1, 0.15) is 0 Å². The highest BCUT2D eigenvalue weighted by Crippen LogP contribution is 2.25. The minimum atomic E-state index is 0.551. The van der Waals surface area contributed by atoms with E-state index in [1.165, 1.54) is 10.4 Å². The van der Waals surface area contributed by atoms with Crippen molar-refractivity contribution in [3.63, 3.8) is 0 Å². The summed E-state index contributed by atoms with van der Waals surface area (Å²) in [5.74, 6) is 0. The van der Waals surface area contributed by atoms with Crippen LogP contribution >= 0.6 is 11.3 Å². The summed E-state index contributed by atoms with van der Waals surface area (Å²) in [6.45, 7) is 3.80. The first-order valence-electron chi connectivity index (χ1n) is 6.03. The number of fused-ring (bicyclic) bond motifs is 1. The molecule has 2 aromatic rings. The van der Waals surface area contributed by atoms with Gasteiger partial charge < -0.3 is 10.1 Å². The molecule has 0 saturated carbocycles. The number of anilines is 1. The van der Waals surface area contributed by atoms with Gasteiger partial charge in [-0.3, -0.25) is 0 Å². The van der Waals surface area contributed by atoms with Crippen molar-refractivity contribution in [2.75, 3.05) is 18.5 Å². The third-order valence-electron chi connectivity index (χ3n) is 3.09. The maximum atomic E-state index is 5.36. The van der Waals surface area contributed by atoms with Crippen LogP contribution in [0.25, 0.3) is 10.2 Å². The van der Waals surface area contributed by atoms with Gasteiger partial charge in [-0.1, -0.05) is 0 Å². The Hall–Kier alpha value is -1.13. The average molecular weight is 248 g/mol. The molecule has 1 saturated heterocycles. The van der Waals surface area contributed by atoms with Crippen molar-refractivity contribution < 1.29 is 4.74 Å². The largest absolute Gasteiger partial charge is 0.382 e. The summed E-state index contributed by atoms with van der Waals surface area (Å²) in [4.78, 5) is 4.47. The summed E-state index contributed by atoms with van der Waals surface area (Å²) < 4.78 is 6.63. The first-order valence-corrected chi connectivity index (χ1v) is 6.84. The third kappa shape index (κ3) is 2.42. The van der Waals surface area contributed by atoms with Crippen molar-refractivity contribution in [1.82, 2.24) is 4.98 Å². The maximum absolute atomic E-state index is 5.36. The van der Waals surface area contributed by atoms with Crippen LogP contribution in [0.5, 0.6) is 0 Å². The van der Waals surface area contributed by atoms with Gasteiger partial charge >= 0.3 is 0 Å². The van der Waals surface area contributed by atoms with E-state index in [9.17, 15) is 0 Å². The van der Waals surface area contributed by atoms with Crippen molar-refractivity contribution >= 4 is 27.2 Å². The normalized spacial score (nSPS) is 17.5. The molecule has 0 aliphatic carbocycles. The van der Waals surface area contributed by atoms with Gasteiger partial charge in [-0.15, -0.1) is 11.3 Å². The lowest BCUT2D eigenvalue weighted by molar-refractivity contribution is 0.0904. The minimum absolute atomic E-state index is 0.551. The SMILES string of the molecule is Cc1nc2ccc(NC3CCOCC3)cc2s1. The number of aromatic nitrogens is 1. The van der Waals surface area contributed by atoms with Gasteiger partial charge in [0, 0.05) is 24.9 Å². The molecule has 0 spiro atoms. The Labute approximate surface area is 105 Å². The molecule has 90 valence electrons. The Balaban J connectivity index is 1.79. The first-order chi connectivity index (χ1) is 8.31. The van der Waals surface area contributed by atoms with Crippen LogP contribution in [0, 0.1) is 6.92 Å². The van der Waals surface area contributed by atoms with Crippen LogP contribution in [0.1, 0.15) is 17.8 Å². The molecule has 3 nitrogen and oxygen atoms in total. The van der Waals surface area contributed by atoms with Gasteiger partial charge in [-0.25, -0.2) is 4.98 Å². The monoisotopic (exact) mass is 248 g/mol. The highest BCUT2D eigenvalue weighted by molar-refractivity contribution is 7.18. The highest BCUT2D eigenvalue weighted by Gasteiger charge is 2.13. The van der Waals surface area contributed by atoms with E-state index in [-0.39, 0.29) is 0 Å². The fraction of sp³-hybridized carbons (Fsp3) is 0.462. The molecule has 0 unspecified atom stereocenters. The molecule has 1 aromatic heterocycles. The Morgan fingerprint density at radius 2 is 2.18 bits per heavy atom. The van der Waals surface area contributed by atoms with Crippen LogP contribution in [-0.2, 0) is 4.74 Å². The topological polar surface area (TPSA) is 34.2 Å². The smallest absolute Gasteiger partial charge is 0.0907 e. The molecular formula is C13H16N2OS. The van der Waals surface area contributed by atoms with Crippen LogP contribution in [0.2, 0.25) is 0 Å². The van der Waals surface area contributed by atoms with Gasteiger partial charge in [0.05, 0.1) is 15.2 Å². The first kappa shape index (κ1) is 11.0. The second-order valence-corrected chi connectivity index (χ2v) is 5.68. The summed E-state index contributed by atoms with van der Waals surface area (Å²) in [6, 6.07) is 6.97. The molecule has 1 aliphatic heterocycles. The zero-order chi connectivity index (χ0) is 11.7. The number of rotatable bonds is 2. The van der Waals surface area contributed by atoms with Crippen molar-refractivity contribution in [3.8, 4) is 0 Å². The van der Waals surface area contributed by atoms with Gasteiger partial charge in [-0.05, 0) is 38.0 Å². The number of hydrogen-bond acceptors (Lipinski definition) is 4.